The van der Waals surface area contributed by atoms with Crippen molar-refractivity contribution in [2.45, 2.75) is 45.2 Å². The first-order chi connectivity index (χ1) is 18.1. The third kappa shape index (κ3) is 5.64. The number of phenolic OH excluding ortho intramolecular Hbond substituents is 1. The summed E-state index contributed by atoms with van der Waals surface area (Å²) < 4.78 is 53.8. The molecule has 0 aliphatic heterocycles. The van der Waals surface area contributed by atoms with E-state index in [0.29, 0.717) is 40.6 Å². The summed E-state index contributed by atoms with van der Waals surface area (Å²) in [5.41, 5.74) is 4.11. The van der Waals surface area contributed by atoms with E-state index in [2.05, 4.69) is 15.4 Å². The van der Waals surface area contributed by atoms with Gasteiger partial charge in [0, 0.05) is 36.1 Å². The van der Waals surface area contributed by atoms with Crippen LogP contribution in [0.5, 0.6) is 5.75 Å². The zero-order valence-electron chi connectivity index (χ0n) is 20.6. The van der Waals surface area contributed by atoms with Gasteiger partial charge in [0.05, 0.1) is 29.7 Å². The van der Waals surface area contributed by atoms with Gasteiger partial charge in [-0.05, 0) is 49.4 Å². The molecule has 38 heavy (non-hydrogen) atoms. The number of halogens is 4. The number of ketones is 1. The molecular weight excluding hydrogens is 500 g/mol. The van der Waals surface area contributed by atoms with Crippen LogP contribution in [0.2, 0.25) is 0 Å². The number of hydrogen-bond acceptors (Lipinski definition) is 5. The Kier molecular flexibility index (Phi) is 6.81. The standard InChI is InChI=1S/C28H26F4N4O2/c1-16-11-18(7-8-21(16)25(37)12-17-5-6-17)24-15-34-27-23(33-10-9-28(30,31)32)14-20(35-36(24)27)13-19-3-2-4-22(29)26(19)38/h2-4,7-8,11,14-15,17,33,38H,5-6,9-10,12-13H2,1H3. The molecule has 1 aliphatic rings. The third-order valence-electron chi connectivity index (χ3n) is 6.68. The van der Waals surface area contributed by atoms with Gasteiger partial charge in [-0.3, -0.25) is 4.79 Å². The maximum Gasteiger partial charge on any atom is 0.390 e. The summed E-state index contributed by atoms with van der Waals surface area (Å²) in [5, 5.41) is 17.6. The van der Waals surface area contributed by atoms with Crippen LogP contribution in [0.4, 0.5) is 23.2 Å². The number of carbonyl (C=O) groups is 1. The number of fused-ring (bicyclic) bond motifs is 1. The second-order valence-electron chi connectivity index (χ2n) is 9.74. The van der Waals surface area contributed by atoms with E-state index >= 15 is 0 Å². The molecule has 0 atom stereocenters. The molecule has 5 rings (SSSR count). The minimum Gasteiger partial charge on any atom is -0.505 e. The lowest BCUT2D eigenvalue weighted by molar-refractivity contribution is -0.131. The minimum atomic E-state index is -4.33. The predicted molar refractivity (Wildman–Crippen MR) is 135 cm³/mol. The van der Waals surface area contributed by atoms with E-state index in [1.165, 1.54) is 10.6 Å². The number of benzene rings is 2. The lowest BCUT2D eigenvalue weighted by atomic mass is 9.98. The summed E-state index contributed by atoms with van der Waals surface area (Å²) in [5.74, 6) is -0.693. The summed E-state index contributed by atoms with van der Waals surface area (Å²) in [4.78, 5) is 17.1. The number of aromatic nitrogens is 3. The molecule has 2 N–H and O–H groups in total. The molecule has 1 fully saturated rings. The Labute approximate surface area is 216 Å². The van der Waals surface area contributed by atoms with E-state index in [9.17, 15) is 27.5 Å². The average Bonchev–Trinajstić information content (AvgIpc) is 3.56. The Hall–Kier alpha value is -3.95. The van der Waals surface area contributed by atoms with Crippen LogP contribution in [0.3, 0.4) is 0 Å². The number of anilines is 1. The monoisotopic (exact) mass is 526 g/mol. The molecule has 10 heteroatoms. The van der Waals surface area contributed by atoms with Gasteiger partial charge in [0.2, 0.25) is 0 Å². The highest BCUT2D eigenvalue weighted by molar-refractivity contribution is 5.98. The van der Waals surface area contributed by atoms with E-state index in [4.69, 9.17) is 0 Å². The predicted octanol–water partition coefficient (Wildman–Crippen LogP) is 6.49. The number of Topliss-reactive ketones (excluding diaryl/α,β-unsaturated/α-hetero) is 1. The van der Waals surface area contributed by atoms with Crippen molar-refractivity contribution in [2.75, 3.05) is 11.9 Å². The topological polar surface area (TPSA) is 79.5 Å². The van der Waals surface area contributed by atoms with Crippen molar-refractivity contribution in [2.24, 2.45) is 5.92 Å². The van der Waals surface area contributed by atoms with Crippen LogP contribution in [0.15, 0.2) is 48.7 Å². The van der Waals surface area contributed by atoms with Gasteiger partial charge in [0.25, 0.3) is 0 Å². The number of nitrogens with one attached hydrogen (secondary N) is 1. The molecule has 4 aromatic rings. The van der Waals surface area contributed by atoms with Crippen molar-refractivity contribution in [1.29, 1.82) is 0 Å². The zero-order chi connectivity index (χ0) is 27.0. The van der Waals surface area contributed by atoms with Crippen molar-refractivity contribution in [3.63, 3.8) is 0 Å². The SMILES string of the molecule is Cc1cc(-c2cnc3c(NCCC(F)(F)F)cc(Cc4cccc(F)c4O)nn23)ccc1C(=O)CC1CC1. The quantitative estimate of drug-likeness (QED) is 0.193. The Morgan fingerprint density at radius 1 is 1.18 bits per heavy atom. The molecule has 1 aliphatic carbocycles. The second-order valence-corrected chi connectivity index (χ2v) is 9.74. The molecule has 0 radical (unpaired) electrons. The highest BCUT2D eigenvalue weighted by Crippen LogP contribution is 2.34. The van der Waals surface area contributed by atoms with Crippen LogP contribution in [0.1, 0.15) is 52.9 Å². The maximum absolute atomic E-state index is 13.9. The van der Waals surface area contributed by atoms with Crippen LogP contribution < -0.4 is 5.32 Å². The molecule has 0 spiro atoms. The Morgan fingerprint density at radius 3 is 2.68 bits per heavy atom. The number of phenols is 1. The number of para-hydroxylation sites is 1. The molecule has 1 saturated carbocycles. The van der Waals surface area contributed by atoms with Crippen LogP contribution in [-0.2, 0) is 6.42 Å². The summed E-state index contributed by atoms with van der Waals surface area (Å²) >= 11 is 0. The molecule has 6 nitrogen and oxygen atoms in total. The van der Waals surface area contributed by atoms with E-state index in [1.807, 2.05) is 13.0 Å². The van der Waals surface area contributed by atoms with Crippen LogP contribution in [0.25, 0.3) is 16.9 Å². The molecule has 0 bridgehead atoms. The van der Waals surface area contributed by atoms with Crippen molar-refractivity contribution >= 4 is 17.1 Å². The number of alkyl halides is 3. The number of hydrogen-bond donors (Lipinski definition) is 2. The number of rotatable bonds is 9. The molecule has 2 heterocycles. The molecule has 2 aromatic heterocycles. The molecule has 198 valence electrons. The summed E-state index contributed by atoms with van der Waals surface area (Å²) in [6.45, 7) is 1.50. The van der Waals surface area contributed by atoms with E-state index in [-0.39, 0.29) is 24.3 Å². The Balaban J connectivity index is 1.53. The number of aromatic hydroxyl groups is 1. The number of imidazole rings is 1. The molecule has 0 saturated heterocycles. The normalized spacial score (nSPS) is 13.7. The fourth-order valence-electron chi connectivity index (χ4n) is 4.50. The smallest absolute Gasteiger partial charge is 0.390 e. The fourth-order valence-corrected chi connectivity index (χ4v) is 4.50. The van der Waals surface area contributed by atoms with E-state index in [1.54, 1.807) is 30.5 Å². The number of nitrogens with zero attached hydrogens (tertiary/aromatic N) is 3. The summed E-state index contributed by atoms with van der Waals surface area (Å²) in [6, 6.07) is 11.2. The van der Waals surface area contributed by atoms with Crippen LogP contribution >= 0.6 is 0 Å². The highest BCUT2D eigenvalue weighted by Gasteiger charge is 2.27. The minimum absolute atomic E-state index is 0.0404. The molecule has 0 unspecified atom stereocenters. The maximum atomic E-state index is 13.9. The van der Waals surface area contributed by atoms with Crippen molar-refractivity contribution < 1.29 is 27.5 Å². The van der Waals surface area contributed by atoms with Crippen molar-refractivity contribution in [3.05, 3.63) is 76.9 Å². The van der Waals surface area contributed by atoms with Crippen molar-refractivity contribution in [1.82, 2.24) is 14.6 Å². The summed E-state index contributed by atoms with van der Waals surface area (Å²) in [6.07, 6.45) is -1.04. The van der Waals surface area contributed by atoms with Gasteiger partial charge in [-0.2, -0.15) is 18.3 Å². The lowest BCUT2D eigenvalue weighted by Crippen LogP contribution is -2.15. The van der Waals surface area contributed by atoms with E-state index in [0.717, 1.165) is 30.0 Å². The molecular formula is C28H26F4N4O2. The van der Waals surface area contributed by atoms with Gasteiger partial charge in [-0.15, -0.1) is 0 Å². The first-order valence-electron chi connectivity index (χ1n) is 12.4. The first-order valence-corrected chi connectivity index (χ1v) is 12.4. The van der Waals surface area contributed by atoms with Gasteiger partial charge in [0.15, 0.2) is 23.0 Å². The number of aryl methyl sites for hydroxylation is 1. The average molecular weight is 527 g/mol. The third-order valence-corrected chi connectivity index (χ3v) is 6.68. The Bertz CT molecular complexity index is 1510. The second kappa shape index (κ2) is 10.1. The lowest BCUT2D eigenvalue weighted by Gasteiger charge is -2.13. The molecule has 0 amide bonds. The zero-order valence-corrected chi connectivity index (χ0v) is 20.6. The summed E-state index contributed by atoms with van der Waals surface area (Å²) in [7, 11) is 0. The molecule has 2 aromatic carbocycles. The highest BCUT2D eigenvalue weighted by atomic mass is 19.4. The Morgan fingerprint density at radius 2 is 1.97 bits per heavy atom. The van der Waals surface area contributed by atoms with Crippen LogP contribution in [0, 0.1) is 18.7 Å². The van der Waals surface area contributed by atoms with Gasteiger partial charge in [-0.1, -0.05) is 24.3 Å². The first kappa shape index (κ1) is 25.7. The van der Waals surface area contributed by atoms with E-state index < -0.39 is 24.2 Å². The van der Waals surface area contributed by atoms with Gasteiger partial charge < -0.3 is 10.4 Å². The van der Waals surface area contributed by atoms with Gasteiger partial charge >= 0.3 is 6.18 Å². The van der Waals surface area contributed by atoms with Gasteiger partial charge in [-0.25, -0.2) is 13.9 Å². The fraction of sp³-hybridized carbons (Fsp3) is 0.321. The number of carbonyl (C=O) groups excluding carboxylic acids is 1. The largest absolute Gasteiger partial charge is 0.505 e. The van der Waals surface area contributed by atoms with Crippen LogP contribution in [-0.4, -0.2) is 38.2 Å². The van der Waals surface area contributed by atoms with Gasteiger partial charge in [0.1, 0.15) is 0 Å². The van der Waals surface area contributed by atoms with Crippen molar-refractivity contribution in [3.8, 4) is 17.0 Å².